The van der Waals surface area contributed by atoms with E-state index < -0.39 is 0 Å². The van der Waals surface area contributed by atoms with Crippen molar-refractivity contribution in [1.29, 1.82) is 0 Å². The minimum Gasteiger partial charge on any atom is -0.378 e. The van der Waals surface area contributed by atoms with Crippen molar-refractivity contribution in [2.45, 2.75) is 58.1 Å². The molecule has 3 nitrogen and oxygen atoms in total. The van der Waals surface area contributed by atoms with E-state index in [-0.39, 0.29) is 11.0 Å². The Morgan fingerprint density at radius 1 is 1.33 bits per heavy atom. The molecule has 0 saturated heterocycles. The Labute approximate surface area is 112 Å². The van der Waals surface area contributed by atoms with Gasteiger partial charge in [0.2, 0.25) is 0 Å². The number of hydrogen-bond acceptors (Lipinski definition) is 3. The molecule has 2 aliphatic carbocycles. The maximum Gasteiger partial charge on any atom is 0.0662 e. The van der Waals surface area contributed by atoms with E-state index in [1.165, 1.54) is 25.8 Å². The van der Waals surface area contributed by atoms with Crippen LogP contribution >= 0.6 is 0 Å². The minimum absolute atomic E-state index is 0.0780. The quantitative estimate of drug-likeness (QED) is 0.790. The van der Waals surface area contributed by atoms with Crippen molar-refractivity contribution in [3.63, 3.8) is 0 Å². The Kier molecular flexibility index (Phi) is 4.05. The second-order valence-electron chi connectivity index (χ2n) is 7.02. The molecule has 2 saturated carbocycles. The van der Waals surface area contributed by atoms with E-state index >= 15 is 0 Å². The first-order valence-electron chi connectivity index (χ1n) is 7.48. The van der Waals surface area contributed by atoms with Crippen molar-refractivity contribution in [3.8, 4) is 0 Å². The molecule has 0 aromatic rings. The monoisotopic (exact) mass is 254 g/mol. The molecule has 0 amide bonds. The van der Waals surface area contributed by atoms with Crippen molar-refractivity contribution in [2.75, 3.05) is 26.7 Å². The summed E-state index contributed by atoms with van der Waals surface area (Å²) in [6.07, 6.45) is 5.58. The van der Waals surface area contributed by atoms with Crippen LogP contribution in [0.2, 0.25) is 0 Å². The van der Waals surface area contributed by atoms with Crippen molar-refractivity contribution in [2.24, 2.45) is 17.1 Å². The zero-order chi connectivity index (χ0) is 13.4. The maximum atomic E-state index is 6.62. The predicted octanol–water partition coefficient (Wildman–Crippen LogP) is 2.25. The Bertz CT molecular complexity index is 288. The van der Waals surface area contributed by atoms with Gasteiger partial charge in [0.25, 0.3) is 0 Å². The zero-order valence-electron chi connectivity index (χ0n) is 12.5. The van der Waals surface area contributed by atoms with Gasteiger partial charge < -0.3 is 15.4 Å². The molecule has 0 aromatic heterocycles. The first-order valence-corrected chi connectivity index (χ1v) is 7.48. The van der Waals surface area contributed by atoms with E-state index in [1.54, 1.807) is 0 Å². The van der Waals surface area contributed by atoms with Crippen LogP contribution in [0.5, 0.6) is 0 Å². The molecule has 2 fully saturated rings. The molecule has 0 radical (unpaired) electrons. The molecule has 106 valence electrons. The number of likely N-dealkylation sites (N-methyl/N-ethyl adjacent to an activating group) is 1. The molecule has 3 heteroatoms. The second kappa shape index (κ2) is 5.10. The number of hydrogen-bond donors (Lipinski definition) is 1. The van der Waals surface area contributed by atoms with E-state index in [4.69, 9.17) is 10.5 Å². The summed E-state index contributed by atoms with van der Waals surface area (Å²) in [6, 6.07) is 0. The second-order valence-corrected chi connectivity index (χ2v) is 7.02. The fraction of sp³-hybridized carbons (Fsp3) is 1.00. The lowest BCUT2D eigenvalue weighted by molar-refractivity contribution is -0.155. The van der Waals surface area contributed by atoms with Gasteiger partial charge in [0.1, 0.15) is 0 Å². The van der Waals surface area contributed by atoms with Crippen LogP contribution in [0.15, 0.2) is 0 Å². The summed E-state index contributed by atoms with van der Waals surface area (Å²) in [5.41, 5.74) is 6.63. The topological polar surface area (TPSA) is 38.5 Å². The van der Waals surface area contributed by atoms with Crippen molar-refractivity contribution >= 4 is 0 Å². The van der Waals surface area contributed by atoms with Crippen LogP contribution in [0.25, 0.3) is 0 Å². The highest BCUT2D eigenvalue weighted by Crippen LogP contribution is 2.50. The number of nitrogens with zero attached hydrogens (tertiary/aromatic N) is 1. The molecule has 2 aliphatic rings. The van der Waals surface area contributed by atoms with Crippen LogP contribution in [0.4, 0.5) is 0 Å². The molecular weight excluding hydrogens is 224 g/mol. The summed E-state index contributed by atoms with van der Waals surface area (Å²) in [5.74, 6) is 0.921. The molecule has 2 unspecified atom stereocenters. The van der Waals surface area contributed by atoms with Crippen molar-refractivity contribution < 1.29 is 4.74 Å². The van der Waals surface area contributed by atoms with Gasteiger partial charge in [-0.1, -0.05) is 20.3 Å². The van der Waals surface area contributed by atoms with E-state index in [0.717, 1.165) is 25.5 Å². The normalized spacial score (nSPS) is 35.3. The van der Waals surface area contributed by atoms with Crippen LogP contribution in [-0.2, 0) is 4.74 Å². The summed E-state index contributed by atoms with van der Waals surface area (Å²) in [7, 11) is 2.22. The average molecular weight is 254 g/mol. The molecule has 2 N–H and O–H groups in total. The van der Waals surface area contributed by atoms with E-state index in [1.807, 2.05) is 0 Å². The lowest BCUT2D eigenvalue weighted by atomic mass is 9.54. The van der Waals surface area contributed by atoms with E-state index in [9.17, 15) is 0 Å². The number of nitrogens with two attached hydrogens (primary N) is 1. The highest BCUT2D eigenvalue weighted by Gasteiger charge is 2.58. The third kappa shape index (κ3) is 2.45. The highest BCUT2D eigenvalue weighted by molar-refractivity contribution is 5.14. The van der Waals surface area contributed by atoms with Crippen LogP contribution in [0, 0.1) is 11.3 Å². The van der Waals surface area contributed by atoms with E-state index in [0.29, 0.717) is 6.10 Å². The molecule has 0 aliphatic heterocycles. The Morgan fingerprint density at radius 2 is 2.00 bits per heavy atom. The molecule has 2 atom stereocenters. The van der Waals surface area contributed by atoms with Gasteiger partial charge in [-0.25, -0.2) is 0 Å². The smallest absolute Gasteiger partial charge is 0.0662 e. The van der Waals surface area contributed by atoms with Gasteiger partial charge in [-0.05, 0) is 39.2 Å². The first kappa shape index (κ1) is 14.3. The lowest BCUT2D eigenvalue weighted by Gasteiger charge is -2.60. The van der Waals surface area contributed by atoms with Gasteiger partial charge in [0.05, 0.1) is 6.10 Å². The van der Waals surface area contributed by atoms with Gasteiger partial charge in [0.15, 0.2) is 0 Å². The van der Waals surface area contributed by atoms with Crippen LogP contribution in [-0.4, -0.2) is 43.3 Å². The van der Waals surface area contributed by atoms with Gasteiger partial charge in [0, 0.05) is 30.7 Å². The molecule has 18 heavy (non-hydrogen) atoms. The SMILES string of the molecule is CCOC1CC(N)(CN(C)CC2CCC2)C1(C)C. The Hall–Kier alpha value is -0.120. The molecule has 0 bridgehead atoms. The zero-order valence-corrected chi connectivity index (χ0v) is 12.5. The fourth-order valence-corrected chi connectivity index (χ4v) is 3.44. The molecule has 0 heterocycles. The van der Waals surface area contributed by atoms with Gasteiger partial charge in [-0.2, -0.15) is 0 Å². The van der Waals surface area contributed by atoms with Gasteiger partial charge >= 0.3 is 0 Å². The maximum absolute atomic E-state index is 6.62. The summed E-state index contributed by atoms with van der Waals surface area (Å²) in [4.78, 5) is 2.44. The predicted molar refractivity (Wildman–Crippen MR) is 75.6 cm³/mol. The fourth-order valence-electron chi connectivity index (χ4n) is 3.44. The molecular formula is C15H30N2O. The van der Waals surface area contributed by atoms with E-state index in [2.05, 4.69) is 32.7 Å². The van der Waals surface area contributed by atoms with Crippen molar-refractivity contribution in [3.05, 3.63) is 0 Å². The Morgan fingerprint density at radius 3 is 2.44 bits per heavy atom. The molecule has 0 spiro atoms. The van der Waals surface area contributed by atoms with Crippen LogP contribution < -0.4 is 5.73 Å². The molecule has 0 aromatic carbocycles. The summed E-state index contributed by atoms with van der Waals surface area (Å²) in [6.45, 7) is 9.59. The third-order valence-electron chi connectivity index (χ3n) is 5.35. The van der Waals surface area contributed by atoms with Gasteiger partial charge in [-0.3, -0.25) is 0 Å². The highest BCUT2D eigenvalue weighted by atomic mass is 16.5. The summed E-state index contributed by atoms with van der Waals surface area (Å²) < 4.78 is 5.79. The summed E-state index contributed by atoms with van der Waals surface area (Å²) in [5, 5.41) is 0. The number of rotatable bonds is 6. The van der Waals surface area contributed by atoms with Gasteiger partial charge in [-0.15, -0.1) is 0 Å². The average Bonchev–Trinajstić information content (AvgIpc) is 2.23. The number of ether oxygens (including phenoxy) is 1. The van der Waals surface area contributed by atoms with Crippen molar-refractivity contribution in [1.82, 2.24) is 4.90 Å². The first-order chi connectivity index (χ1) is 8.39. The largest absolute Gasteiger partial charge is 0.378 e. The lowest BCUT2D eigenvalue weighted by Crippen LogP contribution is -2.73. The standard InChI is InChI=1S/C15H30N2O/c1-5-18-13-9-15(16,14(13,2)3)11-17(4)10-12-7-6-8-12/h12-13H,5-11,16H2,1-4H3. The van der Waals surface area contributed by atoms with Crippen LogP contribution in [0.1, 0.15) is 46.5 Å². The Balaban J connectivity index is 1.84. The summed E-state index contributed by atoms with van der Waals surface area (Å²) >= 11 is 0. The molecule has 2 rings (SSSR count). The minimum atomic E-state index is -0.0780. The third-order valence-corrected chi connectivity index (χ3v) is 5.35. The van der Waals surface area contributed by atoms with Crippen LogP contribution in [0.3, 0.4) is 0 Å².